The van der Waals surface area contributed by atoms with Crippen LogP contribution in [-0.2, 0) is 10.0 Å². The topological polar surface area (TPSA) is 96.9 Å². The SMILES string of the molecule is CCC(=O)c1c(-c2ccc(C)cc2)oc2cc(N(C)S(C)(=O)=O)c([C@H]3CCCN(c4ncc(-c5ccc(F)cc5)o4)C3)cc12. The number of nitrogens with zero attached hydrogens (tertiary/aromatic N) is 3. The van der Waals surface area contributed by atoms with E-state index in [0.717, 1.165) is 35.1 Å². The fourth-order valence-corrected chi connectivity index (χ4v) is 6.37. The maximum Gasteiger partial charge on any atom is 0.297 e. The number of hydrogen-bond acceptors (Lipinski definition) is 7. The molecule has 0 aliphatic carbocycles. The smallest absolute Gasteiger partial charge is 0.297 e. The zero-order valence-corrected chi connectivity index (χ0v) is 25.9. The number of furan rings is 1. The van der Waals surface area contributed by atoms with Crippen LogP contribution in [0.3, 0.4) is 0 Å². The van der Waals surface area contributed by atoms with Crippen molar-refractivity contribution in [3.63, 3.8) is 0 Å². The van der Waals surface area contributed by atoms with Crippen molar-refractivity contribution in [1.29, 1.82) is 0 Å². The van der Waals surface area contributed by atoms with Gasteiger partial charge in [0.05, 0.1) is 23.7 Å². The molecular weight excluding hydrogens is 581 g/mol. The average molecular weight is 616 g/mol. The van der Waals surface area contributed by atoms with Crippen LogP contribution in [0, 0.1) is 12.7 Å². The lowest BCUT2D eigenvalue weighted by Crippen LogP contribution is -2.35. The number of halogens is 1. The molecule has 6 rings (SSSR count). The largest absolute Gasteiger partial charge is 0.455 e. The van der Waals surface area contributed by atoms with E-state index in [9.17, 15) is 17.6 Å². The molecule has 1 aliphatic rings. The number of oxazole rings is 1. The van der Waals surface area contributed by atoms with Gasteiger partial charge in [-0.3, -0.25) is 9.10 Å². The van der Waals surface area contributed by atoms with Gasteiger partial charge in [-0.2, -0.15) is 0 Å². The van der Waals surface area contributed by atoms with Gasteiger partial charge in [0.25, 0.3) is 6.01 Å². The van der Waals surface area contributed by atoms with Crippen molar-refractivity contribution >= 4 is 38.5 Å². The molecule has 1 saturated heterocycles. The predicted octanol–water partition coefficient (Wildman–Crippen LogP) is 7.57. The quantitative estimate of drug-likeness (QED) is 0.166. The minimum atomic E-state index is -3.61. The summed E-state index contributed by atoms with van der Waals surface area (Å²) in [6, 6.07) is 18.0. The Morgan fingerprint density at radius 2 is 1.77 bits per heavy atom. The molecule has 2 aromatic heterocycles. The van der Waals surface area contributed by atoms with Crippen molar-refractivity contribution in [3.8, 4) is 22.6 Å². The van der Waals surface area contributed by atoms with E-state index in [1.165, 1.54) is 29.7 Å². The second kappa shape index (κ2) is 11.6. The van der Waals surface area contributed by atoms with Crippen molar-refractivity contribution < 1.29 is 26.4 Å². The van der Waals surface area contributed by atoms with Gasteiger partial charge in [-0.25, -0.2) is 17.8 Å². The van der Waals surface area contributed by atoms with Gasteiger partial charge in [0.1, 0.15) is 17.2 Å². The molecule has 3 heterocycles. The fourth-order valence-electron chi connectivity index (χ4n) is 5.85. The van der Waals surface area contributed by atoms with E-state index >= 15 is 0 Å². The minimum absolute atomic E-state index is 0.0483. The van der Waals surface area contributed by atoms with Crippen LogP contribution in [0.5, 0.6) is 0 Å². The van der Waals surface area contributed by atoms with E-state index in [1.807, 2.05) is 49.1 Å². The Kier molecular flexibility index (Phi) is 7.79. The molecule has 0 radical (unpaired) electrons. The molecule has 3 aromatic carbocycles. The third kappa shape index (κ3) is 5.61. The lowest BCUT2D eigenvalue weighted by Gasteiger charge is -2.34. The van der Waals surface area contributed by atoms with Crippen LogP contribution < -0.4 is 9.21 Å². The summed E-state index contributed by atoms with van der Waals surface area (Å²) in [6.45, 7) is 5.05. The number of carbonyl (C=O) groups excluding carboxylic acids is 1. The molecule has 44 heavy (non-hydrogen) atoms. The number of anilines is 2. The zero-order valence-electron chi connectivity index (χ0n) is 25.1. The molecule has 1 fully saturated rings. The molecule has 0 bridgehead atoms. The number of rotatable bonds is 8. The first-order chi connectivity index (χ1) is 21.0. The molecular formula is C34H34FN3O5S. The molecule has 1 aliphatic heterocycles. The number of ketones is 1. The summed E-state index contributed by atoms with van der Waals surface area (Å²) in [7, 11) is -2.08. The summed E-state index contributed by atoms with van der Waals surface area (Å²) in [5, 5.41) is 0.667. The number of benzene rings is 3. The highest BCUT2D eigenvalue weighted by Crippen LogP contribution is 2.43. The maximum atomic E-state index is 13.4. The van der Waals surface area contributed by atoms with Crippen LogP contribution in [0.25, 0.3) is 33.6 Å². The van der Waals surface area contributed by atoms with Crippen LogP contribution in [0.2, 0.25) is 0 Å². The monoisotopic (exact) mass is 615 g/mol. The van der Waals surface area contributed by atoms with Gasteiger partial charge in [0.2, 0.25) is 10.0 Å². The highest BCUT2D eigenvalue weighted by atomic mass is 32.2. The first-order valence-electron chi connectivity index (χ1n) is 14.6. The number of sulfonamides is 1. The van der Waals surface area contributed by atoms with Crippen molar-refractivity contribution in [2.45, 2.75) is 39.0 Å². The van der Waals surface area contributed by atoms with Crippen molar-refractivity contribution in [1.82, 2.24) is 4.98 Å². The third-order valence-corrected chi connectivity index (χ3v) is 9.53. The summed E-state index contributed by atoms with van der Waals surface area (Å²) < 4.78 is 52.7. The van der Waals surface area contributed by atoms with E-state index in [4.69, 9.17) is 8.83 Å². The molecule has 0 saturated carbocycles. The molecule has 0 N–H and O–H groups in total. The molecule has 8 nitrogen and oxygen atoms in total. The van der Waals surface area contributed by atoms with E-state index in [1.54, 1.807) is 24.4 Å². The molecule has 228 valence electrons. The van der Waals surface area contributed by atoms with E-state index < -0.39 is 10.0 Å². The summed E-state index contributed by atoms with van der Waals surface area (Å²) in [4.78, 5) is 19.9. The zero-order chi connectivity index (χ0) is 31.2. The normalized spacial score (nSPS) is 15.6. The summed E-state index contributed by atoms with van der Waals surface area (Å²) in [5.41, 5.74) is 4.87. The lowest BCUT2D eigenvalue weighted by atomic mass is 9.88. The highest BCUT2D eigenvalue weighted by molar-refractivity contribution is 7.92. The minimum Gasteiger partial charge on any atom is -0.455 e. The fraction of sp³-hybridized carbons (Fsp3) is 0.294. The Morgan fingerprint density at radius 1 is 1.07 bits per heavy atom. The Balaban J connectivity index is 1.44. The third-order valence-electron chi connectivity index (χ3n) is 8.34. The number of carbonyl (C=O) groups is 1. The number of piperidine rings is 1. The van der Waals surface area contributed by atoms with Crippen molar-refractivity contribution in [2.24, 2.45) is 0 Å². The van der Waals surface area contributed by atoms with Crippen LogP contribution >= 0.6 is 0 Å². The first-order valence-corrected chi connectivity index (χ1v) is 16.5. The average Bonchev–Trinajstić information content (AvgIpc) is 3.65. The molecule has 10 heteroatoms. The van der Waals surface area contributed by atoms with Crippen LogP contribution in [0.1, 0.15) is 53.6 Å². The maximum absolute atomic E-state index is 13.4. The molecule has 0 unspecified atom stereocenters. The Bertz CT molecular complexity index is 1950. The van der Waals surface area contributed by atoms with E-state index in [2.05, 4.69) is 4.98 Å². The van der Waals surface area contributed by atoms with Gasteiger partial charge >= 0.3 is 0 Å². The Morgan fingerprint density at radius 3 is 2.45 bits per heavy atom. The number of Topliss-reactive ketones (excluding diaryl/α,β-unsaturated/α-hetero) is 1. The Labute approximate surface area is 256 Å². The van der Waals surface area contributed by atoms with Gasteiger partial charge in [-0.05, 0) is 55.7 Å². The van der Waals surface area contributed by atoms with E-state index in [-0.39, 0.29) is 17.5 Å². The second-order valence-electron chi connectivity index (χ2n) is 11.4. The molecule has 0 amide bonds. The van der Waals surface area contributed by atoms with Crippen LogP contribution in [-0.4, -0.2) is 45.6 Å². The van der Waals surface area contributed by atoms with Crippen molar-refractivity contribution in [3.05, 3.63) is 89.4 Å². The van der Waals surface area contributed by atoms with Crippen LogP contribution in [0.15, 0.2) is 75.7 Å². The van der Waals surface area contributed by atoms with Crippen molar-refractivity contribution in [2.75, 3.05) is 35.6 Å². The number of aromatic nitrogens is 1. The highest BCUT2D eigenvalue weighted by Gasteiger charge is 2.31. The second-order valence-corrected chi connectivity index (χ2v) is 13.4. The van der Waals surface area contributed by atoms with E-state index in [0.29, 0.717) is 59.3 Å². The number of hydrogen-bond donors (Lipinski definition) is 0. The van der Waals surface area contributed by atoms with Gasteiger partial charge in [0, 0.05) is 55.1 Å². The van der Waals surface area contributed by atoms with Crippen LogP contribution in [0.4, 0.5) is 16.1 Å². The lowest BCUT2D eigenvalue weighted by molar-refractivity contribution is 0.0989. The molecule has 5 aromatic rings. The van der Waals surface area contributed by atoms with Gasteiger partial charge < -0.3 is 13.7 Å². The predicted molar refractivity (Wildman–Crippen MR) is 170 cm³/mol. The van der Waals surface area contributed by atoms with Gasteiger partial charge in [-0.1, -0.05) is 36.8 Å². The molecule has 0 spiro atoms. The molecule has 1 atom stereocenters. The van der Waals surface area contributed by atoms with Gasteiger partial charge in [-0.15, -0.1) is 0 Å². The number of fused-ring (bicyclic) bond motifs is 1. The standard InChI is InChI=1S/C34H34FN3O5S/c1-5-29(39)32-27-17-26(24-7-6-16-38(20-24)34-36-19-31(43-34)22-12-14-25(35)15-13-22)28(37(3)44(4,40)41)18-30(27)42-33(32)23-10-8-21(2)9-11-23/h8-15,17-19,24H,5-7,16,20H2,1-4H3/t24-/m0/s1. The first kappa shape index (κ1) is 29.6. The van der Waals surface area contributed by atoms with Gasteiger partial charge in [0.15, 0.2) is 11.5 Å². The summed E-state index contributed by atoms with van der Waals surface area (Å²) >= 11 is 0. The number of aryl methyl sites for hydroxylation is 1. The summed E-state index contributed by atoms with van der Waals surface area (Å²) in [5.74, 6) is 0.552. The summed E-state index contributed by atoms with van der Waals surface area (Å²) in [6.07, 6.45) is 4.72. The Hall–Kier alpha value is -4.44.